The molecule has 3 heterocycles. The number of hydrogen-bond donors (Lipinski definition) is 2. The van der Waals surface area contributed by atoms with Crippen LogP contribution < -0.4 is 5.32 Å². The van der Waals surface area contributed by atoms with E-state index in [1.807, 2.05) is 26.0 Å². The van der Waals surface area contributed by atoms with Crippen molar-refractivity contribution in [1.29, 1.82) is 0 Å². The second kappa shape index (κ2) is 7.79. The molecule has 5 rings (SSSR count). The van der Waals surface area contributed by atoms with Gasteiger partial charge in [0.1, 0.15) is 5.65 Å². The number of nitrogens with one attached hydrogen (secondary N) is 2. The third-order valence-corrected chi connectivity index (χ3v) is 6.48. The average molecular weight is 450 g/mol. The highest BCUT2D eigenvalue weighted by molar-refractivity contribution is 6.21. The summed E-state index contributed by atoms with van der Waals surface area (Å²) in [4.78, 5) is 35.8. The smallest absolute Gasteiger partial charge is 0.257 e. The second-order valence-electron chi connectivity index (χ2n) is 9.36. The van der Waals surface area contributed by atoms with Crippen molar-refractivity contribution in [3.05, 3.63) is 71.2 Å². The highest BCUT2D eigenvalue weighted by Crippen LogP contribution is 2.40. The van der Waals surface area contributed by atoms with Crippen LogP contribution in [0.1, 0.15) is 54.7 Å². The van der Waals surface area contributed by atoms with Crippen LogP contribution in [0.5, 0.6) is 0 Å². The molecule has 8 heteroatoms. The van der Waals surface area contributed by atoms with Crippen LogP contribution in [0.3, 0.4) is 0 Å². The molecule has 1 fully saturated rings. The Bertz CT molecular complexity index is 1310. The Morgan fingerprint density at radius 1 is 1.18 bits per heavy atom. The van der Waals surface area contributed by atoms with Gasteiger partial charge in [0, 0.05) is 41.3 Å². The number of pyridine rings is 1. The predicted octanol–water partition coefficient (Wildman–Crippen LogP) is 4.28. The SMILES string of the molecule is CC1(C)CN(C(=O)c2ccc(F)c(F)c2)C=C(C(=O)NC2CCC2)c2[nH]c3ncccc3c21. The zero-order chi connectivity index (χ0) is 23.3. The highest BCUT2D eigenvalue weighted by Gasteiger charge is 2.38. The molecule has 0 saturated heterocycles. The zero-order valence-corrected chi connectivity index (χ0v) is 18.4. The number of halogens is 2. The van der Waals surface area contributed by atoms with Gasteiger partial charge in [0.25, 0.3) is 11.8 Å². The Morgan fingerprint density at radius 3 is 2.67 bits per heavy atom. The van der Waals surface area contributed by atoms with Crippen LogP contribution in [0.4, 0.5) is 8.78 Å². The van der Waals surface area contributed by atoms with Gasteiger partial charge >= 0.3 is 0 Å². The van der Waals surface area contributed by atoms with Crippen LogP contribution in [0.25, 0.3) is 16.6 Å². The summed E-state index contributed by atoms with van der Waals surface area (Å²) >= 11 is 0. The number of nitrogens with zero attached hydrogens (tertiary/aromatic N) is 2. The topological polar surface area (TPSA) is 78.1 Å². The monoisotopic (exact) mass is 450 g/mol. The number of aromatic nitrogens is 2. The molecule has 6 nitrogen and oxygen atoms in total. The largest absolute Gasteiger partial charge is 0.349 e. The molecule has 1 saturated carbocycles. The Hall–Kier alpha value is -3.55. The summed E-state index contributed by atoms with van der Waals surface area (Å²) in [6.07, 6.45) is 6.11. The highest BCUT2D eigenvalue weighted by atomic mass is 19.2. The normalized spacial score (nSPS) is 17.7. The van der Waals surface area contributed by atoms with Gasteiger partial charge in [-0.1, -0.05) is 13.8 Å². The van der Waals surface area contributed by atoms with Crippen molar-refractivity contribution < 1.29 is 18.4 Å². The van der Waals surface area contributed by atoms with E-state index in [2.05, 4.69) is 15.3 Å². The third-order valence-electron chi connectivity index (χ3n) is 6.48. The summed E-state index contributed by atoms with van der Waals surface area (Å²) in [7, 11) is 0. The maximum absolute atomic E-state index is 13.8. The second-order valence-corrected chi connectivity index (χ2v) is 9.36. The molecule has 1 aromatic carbocycles. The van der Waals surface area contributed by atoms with Crippen molar-refractivity contribution in [2.24, 2.45) is 0 Å². The van der Waals surface area contributed by atoms with Crippen molar-refractivity contribution in [3.63, 3.8) is 0 Å². The third kappa shape index (κ3) is 3.69. The van der Waals surface area contributed by atoms with E-state index in [0.717, 1.165) is 42.3 Å². The number of amides is 2. The van der Waals surface area contributed by atoms with Crippen LogP contribution in [0.2, 0.25) is 0 Å². The minimum atomic E-state index is -1.09. The summed E-state index contributed by atoms with van der Waals surface area (Å²) in [5, 5.41) is 3.92. The van der Waals surface area contributed by atoms with E-state index in [4.69, 9.17) is 0 Å². The van der Waals surface area contributed by atoms with Crippen LogP contribution in [-0.2, 0) is 10.2 Å². The lowest BCUT2D eigenvalue weighted by atomic mass is 9.82. The molecular formula is C25H24F2N4O2. The first kappa shape index (κ1) is 21.3. The van der Waals surface area contributed by atoms with Gasteiger partial charge in [0.2, 0.25) is 0 Å². The standard InChI is InChI=1S/C25H24F2N4O2/c1-25(2)13-31(24(33)14-8-9-18(26)19(27)11-14)12-17(23(32)29-15-5-3-6-15)21-20(25)16-7-4-10-28-22(16)30-21/h4,7-12,15H,3,5-6,13H2,1-2H3,(H,28,30)(H,29,32). The predicted molar refractivity (Wildman–Crippen MR) is 120 cm³/mol. The molecule has 33 heavy (non-hydrogen) atoms. The van der Waals surface area contributed by atoms with Crippen molar-refractivity contribution in [3.8, 4) is 0 Å². The molecule has 0 radical (unpaired) electrons. The number of fused-ring (bicyclic) bond motifs is 3. The maximum Gasteiger partial charge on any atom is 0.257 e. The van der Waals surface area contributed by atoms with E-state index in [1.165, 1.54) is 17.2 Å². The van der Waals surface area contributed by atoms with Crippen molar-refractivity contribution in [2.45, 2.75) is 44.6 Å². The first-order valence-electron chi connectivity index (χ1n) is 11.0. The van der Waals surface area contributed by atoms with Gasteiger partial charge in [-0.15, -0.1) is 0 Å². The molecule has 0 atom stereocenters. The van der Waals surface area contributed by atoms with Crippen molar-refractivity contribution in [1.82, 2.24) is 20.2 Å². The maximum atomic E-state index is 13.8. The van der Waals surface area contributed by atoms with E-state index in [9.17, 15) is 18.4 Å². The lowest BCUT2D eigenvalue weighted by Gasteiger charge is -2.29. The van der Waals surface area contributed by atoms with E-state index in [0.29, 0.717) is 16.9 Å². The Labute approximate surface area is 189 Å². The number of aromatic amines is 1. The fraction of sp³-hybridized carbons (Fsp3) is 0.320. The molecule has 1 aliphatic carbocycles. The number of hydrogen-bond acceptors (Lipinski definition) is 3. The fourth-order valence-electron chi connectivity index (χ4n) is 4.61. The first-order chi connectivity index (χ1) is 15.7. The number of benzene rings is 1. The Kier molecular flexibility index (Phi) is 5.03. The molecule has 2 N–H and O–H groups in total. The lowest BCUT2D eigenvalue weighted by Crippen LogP contribution is -2.40. The Balaban J connectivity index is 1.64. The van der Waals surface area contributed by atoms with E-state index in [-0.39, 0.29) is 24.1 Å². The summed E-state index contributed by atoms with van der Waals surface area (Å²) in [6.45, 7) is 4.20. The van der Waals surface area contributed by atoms with Crippen LogP contribution >= 0.6 is 0 Å². The number of carbonyl (C=O) groups is 2. The molecular weight excluding hydrogens is 426 g/mol. The molecule has 0 spiro atoms. The fourth-order valence-corrected chi connectivity index (χ4v) is 4.61. The molecule has 2 amide bonds. The molecule has 3 aromatic rings. The minimum Gasteiger partial charge on any atom is -0.349 e. The van der Waals surface area contributed by atoms with Gasteiger partial charge in [-0.05, 0) is 55.2 Å². The summed E-state index contributed by atoms with van der Waals surface area (Å²) < 4.78 is 27.3. The zero-order valence-electron chi connectivity index (χ0n) is 18.4. The van der Waals surface area contributed by atoms with Crippen molar-refractivity contribution >= 4 is 28.4 Å². The Morgan fingerprint density at radius 2 is 1.97 bits per heavy atom. The van der Waals surface area contributed by atoms with Gasteiger partial charge in [-0.3, -0.25) is 9.59 Å². The van der Waals surface area contributed by atoms with Gasteiger partial charge < -0.3 is 15.2 Å². The number of carbonyl (C=O) groups excluding carboxylic acids is 2. The molecule has 0 bridgehead atoms. The summed E-state index contributed by atoms with van der Waals surface area (Å²) in [6, 6.07) is 6.94. The average Bonchev–Trinajstić information content (AvgIpc) is 3.10. The van der Waals surface area contributed by atoms with Crippen molar-refractivity contribution in [2.75, 3.05) is 6.54 Å². The summed E-state index contributed by atoms with van der Waals surface area (Å²) in [5.74, 6) is -2.91. The van der Waals surface area contributed by atoms with E-state index in [1.54, 1.807) is 6.20 Å². The molecule has 170 valence electrons. The van der Waals surface area contributed by atoms with Gasteiger partial charge in [0.15, 0.2) is 11.6 Å². The van der Waals surface area contributed by atoms with E-state index >= 15 is 0 Å². The molecule has 2 aliphatic rings. The minimum absolute atomic E-state index is 0.0109. The number of rotatable bonds is 3. The van der Waals surface area contributed by atoms with E-state index < -0.39 is 23.0 Å². The van der Waals surface area contributed by atoms with Gasteiger partial charge in [0.05, 0.1) is 11.3 Å². The summed E-state index contributed by atoms with van der Waals surface area (Å²) in [5.41, 5.74) is 1.93. The van der Waals surface area contributed by atoms with Gasteiger partial charge in [-0.25, -0.2) is 13.8 Å². The molecule has 0 unspecified atom stereocenters. The van der Waals surface area contributed by atoms with Crippen LogP contribution in [0, 0.1) is 11.6 Å². The lowest BCUT2D eigenvalue weighted by molar-refractivity contribution is -0.116. The van der Waals surface area contributed by atoms with Crippen LogP contribution in [-0.4, -0.2) is 39.3 Å². The quantitative estimate of drug-likeness (QED) is 0.625. The van der Waals surface area contributed by atoms with Crippen LogP contribution in [0.15, 0.2) is 42.7 Å². The molecule has 2 aromatic heterocycles. The number of H-pyrrole nitrogens is 1. The van der Waals surface area contributed by atoms with Gasteiger partial charge in [-0.2, -0.15) is 0 Å². The molecule has 1 aliphatic heterocycles. The first-order valence-corrected chi connectivity index (χ1v) is 11.0.